The first-order chi connectivity index (χ1) is 5.34. The summed E-state index contributed by atoms with van der Waals surface area (Å²) in [6.07, 6.45) is 7.81. The molecule has 0 aromatic heterocycles. The van der Waals surface area contributed by atoms with Crippen LogP contribution in [0.4, 0.5) is 0 Å². The summed E-state index contributed by atoms with van der Waals surface area (Å²) >= 11 is 0. The fraction of sp³-hybridized carbons (Fsp3) is 1.00. The van der Waals surface area contributed by atoms with Crippen LogP contribution in [-0.2, 0) is 0 Å². The molecule has 0 aromatic rings. The van der Waals surface area contributed by atoms with E-state index in [9.17, 15) is 0 Å². The second-order valence-electron chi connectivity index (χ2n) is 3.65. The van der Waals surface area contributed by atoms with Crippen LogP contribution < -0.4 is 11.5 Å². The van der Waals surface area contributed by atoms with Gasteiger partial charge in [-0.05, 0) is 25.3 Å². The van der Waals surface area contributed by atoms with Crippen molar-refractivity contribution in [1.82, 2.24) is 0 Å². The van der Waals surface area contributed by atoms with Gasteiger partial charge in [-0.1, -0.05) is 25.7 Å². The van der Waals surface area contributed by atoms with E-state index < -0.39 is 0 Å². The van der Waals surface area contributed by atoms with E-state index in [1.54, 1.807) is 0 Å². The van der Waals surface area contributed by atoms with Crippen LogP contribution in [0.5, 0.6) is 0 Å². The molecule has 0 amide bonds. The maximum atomic E-state index is 5.98. The Kier molecular flexibility index (Phi) is 3.87. The summed E-state index contributed by atoms with van der Waals surface area (Å²) in [4.78, 5) is 0. The van der Waals surface area contributed by atoms with Gasteiger partial charge in [-0.2, -0.15) is 0 Å². The molecule has 2 nitrogen and oxygen atoms in total. The number of rotatable bonds is 1. The van der Waals surface area contributed by atoms with Crippen LogP contribution in [0.1, 0.15) is 38.5 Å². The van der Waals surface area contributed by atoms with E-state index in [1.807, 2.05) is 0 Å². The molecule has 0 bridgehead atoms. The predicted molar refractivity (Wildman–Crippen MR) is 48.2 cm³/mol. The van der Waals surface area contributed by atoms with Crippen molar-refractivity contribution in [3.8, 4) is 0 Å². The van der Waals surface area contributed by atoms with Crippen molar-refractivity contribution in [3.63, 3.8) is 0 Å². The lowest BCUT2D eigenvalue weighted by Gasteiger charge is -2.24. The third-order valence-corrected chi connectivity index (χ3v) is 2.77. The quantitative estimate of drug-likeness (QED) is 0.600. The Morgan fingerprint density at radius 3 is 2.27 bits per heavy atom. The highest BCUT2D eigenvalue weighted by atomic mass is 14.7. The van der Waals surface area contributed by atoms with Crippen molar-refractivity contribution < 1.29 is 0 Å². The first-order valence-corrected chi connectivity index (χ1v) is 4.80. The van der Waals surface area contributed by atoms with Crippen molar-refractivity contribution in [2.75, 3.05) is 6.54 Å². The Hall–Kier alpha value is -0.0800. The summed E-state index contributed by atoms with van der Waals surface area (Å²) in [7, 11) is 0. The average molecular weight is 156 g/mol. The Morgan fingerprint density at radius 1 is 1.00 bits per heavy atom. The minimum absolute atomic E-state index is 0.375. The lowest BCUT2D eigenvalue weighted by Crippen LogP contribution is -2.35. The SMILES string of the molecule is NCC1CCCCCCC1N. The molecule has 11 heavy (non-hydrogen) atoms. The van der Waals surface area contributed by atoms with Gasteiger partial charge in [0, 0.05) is 6.04 Å². The van der Waals surface area contributed by atoms with E-state index in [1.165, 1.54) is 38.5 Å². The minimum atomic E-state index is 0.375. The van der Waals surface area contributed by atoms with E-state index in [4.69, 9.17) is 11.5 Å². The molecular weight excluding hydrogens is 136 g/mol. The zero-order valence-electron chi connectivity index (χ0n) is 7.26. The fourth-order valence-corrected chi connectivity index (χ4v) is 1.88. The topological polar surface area (TPSA) is 52.0 Å². The van der Waals surface area contributed by atoms with Gasteiger partial charge in [0.15, 0.2) is 0 Å². The molecule has 4 N–H and O–H groups in total. The molecule has 1 saturated carbocycles. The van der Waals surface area contributed by atoms with E-state index in [2.05, 4.69) is 0 Å². The summed E-state index contributed by atoms with van der Waals surface area (Å²) in [6.45, 7) is 0.779. The van der Waals surface area contributed by atoms with Gasteiger partial charge in [0.1, 0.15) is 0 Å². The highest BCUT2D eigenvalue weighted by molar-refractivity contribution is 4.75. The molecule has 2 atom stereocenters. The standard InChI is InChI=1S/C9H20N2/c10-7-8-5-3-1-2-4-6-9(8)11/h8-9H,1-7,10-11H2. The Bertz CT molecular complexity index is 104. The maximum absolute atomic E-state index is 5.98. The van der Waals surface area contributed by atoms with Gasteiger partial charge in [-0.15, -0.1) is 0 Å². The second kappa shape index (κ2) is 4.73. The van der Waals surface area contributed by atoms with Gasteiger partial charge >= 0.3 is 0 Å². The molecule has 66 valence electrons. The first kappa shape index (κ1) is 9.01. The normalized spacial score (nSPS) is 34.4. The van der Waals surface area contributed by atoms with E-state index >= 15 is 0 Å². The van der Waals surface area contributed by atoms with Gasteiger partial charge in [-0.25, -0.2) is 0 Å². The fourth-order valence-electron chi connectivity index (χ4n) is 1.88. The molecule has 0 radical (unpaired) electrons. The molecular formula is C9H20N2. The second-order valence-corrected chi connectivity index (χ2v) is 3.65. The summed E-state index contributed by atoms with van der Waals surface area (Å²) in [5, 5.41) is 0. The molecule has 1 aliphatic rings. The van der Waals surface area contributed by atoms with E-state index in [0.29, 0.717) is 12.0 Å². The van der Waals surface area contributed by atoms with Crippen molar-refractivity contribution in [2.24, 2.45) is 17.4 Å². The van der Waals surface area contributed by atoms with Gasteiger partial charge in [0.2, 0.25) is 0 Å². The van der Waals surface area contributed by atoms with E-state index in [-0.39, 0.29) is 0 Å². The largest absolute Gasteiger partial charge is 0.330 e. The van der Waals surface area contributed by atoms with Gasteiger partial charge in [0.25, 0.3) is 0 Å². The Balaban J connectivity index is 2.33. The Labute approximate surface area is 69.3 Å². The highest BCUT2D eigenvalue weighted by Gasteiger charge is 2.17. The summed E-state index contributed by atoms with van der Waals surface area (Å²) in [5.74, 6) is 0.593. The summed E-state index contributed by atoms with van der Waals surface area (Å²) in [5.41, 5.74) is 11.6. The van der Waals surface area contributed by atoms with Crippen LogP contribution in [0.25, 0.3) is 0 Å². The van der Waals surface area contributed by atoms with Gasteiger partial charge in [-0.3, -0.25) is 0 Å². The van der Waals surface area contributed by atoms with Crippen LogP contribution >= 0.6 is 0 Å². The van der Waals surface area contributed by atoms with Crippen LogP contribution in [0.3, 0.4) is 0 Å². The van der Waals surface area contributed by atoms with Crippen LogP contribution in [-0.4, -0.2) is 12.6 Å². The monoisotopic (exact) mass is 156 g/mol. The van der Waals surface area contributed by atoms with Crippen molar-refractivity contribution in [2.45, 2.75) is 44.6 Å². The van der Waals surface area contributed by atoms with E-state index in [0.717, 1.165) is 6.54 Å². The van der Waals surface area contributed by atoms with Crippen molar-refractivity contribution in [3.05, 3.63) is 0 Å². The molecule has 0 aliphatic heterocycles. The zero-order chi connectivity index (χ0) is 8.10. The molecule has 0 aromatic carbocycles. The molecule has 0 saturated heterocycles. The minimum Gasteiger partial charge on any atom is -0.330 e. The predicted octanol–water partition coefficient (Wildman–Crippen LogP) is 1.24. The van der Waals surface area contributed by atoms with Crippen molar-refractivity contribution in [1.29, 1.82) is 0 Å². The lowest BCUT2D eigenvalue weighted by atomic mass is 9.87. The summed E-state index contributed by atoms with van der Waals surface area (Å²) in [6, 6.07) is 0.375. The molecule has 0 heterocycles. The van der Waals surface area contributed by atoms with Gasteiger partial charge < -0.3 is 11.5 Å². The third kappa shape index (κ3) is 2.80. The molecule has 2 unspecified atom stereocenters. The van der Waals surface area contributed by atoms with Crippen LogP contribution in [0.15, 0.2) is 0 Å². The third-order valence-electron chi connectivity index (χ3n) is 2.77. The van der Waals surface area contributed by atoms with Crippen molar-refractivity contribution >= 4 is 0 Å². The smallest absolute Gasteiger partial charge is 0.00792 e. The summed E-state index contributed by atoms with van der Waals surface area (Å²) < 4.78 is 0. The van der Waals surface area contributed by atoms with Crippen LogP contribution in [0, 0.1) is 5.92 Å². The number of nitrogens with two attached hydrogens (primary N) is 2. The zero-order valence-corrected chi connectivity index (χ0v) is 7.26. The van der Waals surface area contributed by atoms with Gasteiger partial charge in [0.05, 0.1) is 0 Å². The lowest BCUT2D eigenvalue weighted by molar-refractivity contribution is 0.337. The maximum Gasteiger partial charge on any atom is 0.00792 e. The average Bonchev–Trinajstić information content (AvgIpc) is 1.98. The molecule has 1 rings (SSSR count). The number of hydrogen-bond acceptors (Lipinski definition) is 2. The molecule has 2 heteroatoms. The highest BCUT2D eigenvalue weighted by Crippen LogP contribution is 2.20. The first-order valence-electron chi connectivity index (χ1n) is 4.80. The number of hydrogen-bond donors (Lipinski definition) is 2. The van der Waals surface area contributed by atoms with Crippen LogP contribution in [0.2, 0.25) is 0 Å². The molecule has 1 fully saturated rings. The molecule has 1 aliphatic carbocycles. The Morgan fingerprint density at radius 2 is 1.64 bits per heavy atom. The molecule has 0 spiro atoms.